The minimum absolute atomic E-state index is 0.191. The standard InChI is InChI=1S/C15H24GeN2O/c1-13(19)17-9-11-18(12-10-17)15-7-5-14(6-8-15)16(2,3)4/h5-8H,9-12H2,1-4H3. The molecular weight excluding hydrogens is 297 g/mol. The van der Waals surface area contributed by atoms with E-state index in [1.165, 1.54) is 5.69 Å². The Hall–Kier alpha value is -0.967. The van der Waals surface area contributed by atoms with Gasteiger partial charge in [0.25, 0.3) is 0 Å². The first-order valence-corrected chi connectivity index (χ1v) is 14.3. The molecule has 0 N–H and O–H groups in total. The predicted octanol–water partition coefficient (Wildman–Crippen LogP) is 1.90. The van der Waals surface area contributed by atoms with Crippen molar-refractivity contribution in [1.29, 1.82) is 0 Å². The van der Waals surface area contributed by atoms with Crippen LogP contribution in [0, 0.1) is 0 Å². The molecule has 2 rings (SSSR count). The van der Waals surface area contributed by atoms with Gasteiger partial charge in [-0.3, -0.25) is 0 Å². The number of piperazine rings is 1. The van der Waals surface area contributed by atoms with Gasteiger partial charge in [-0.25, -0.2) is 0 Å². The Labute approximate surface area is 118 Å². The zero-order chi connectivity index (χ0) is 14.0. The number of benzene rings is 1. The number of nitrogens with zero attached hydrogens (tertiary/aromatic N) is 2. The zero-order valence-corrected chi connectivity index (χ0v) is 14.5. The maximum atomic E-state index is 11.3. The van der Waals surface area contributed by atoms with Crippen LogP contribution in [0.25, 0.3) is 0 Å². The van der Waals surface area contributed by atoms with E-state index >= 15 is 0 Å². The summed E-state index contributed by atoms with van der Waals surface area (Å²) in [6.45, 7) is 5.22. The van der Waals surface area contributed by atoms with Gasteiger partial charge >= 0.3 is 118 Å². The van der Waals surface area contributed by atoms with E-state index in [9.17, 15) is 4.79 Å². The minimum atomic E-state index is -1.69. The van der Waals surface area contributed by atoms with Crippen LogP contribution in [-0.4, -0.2) is 50.3 Å². The Morgan fingerprint density at radius 2 is 1.53 bits per heavy atom. The van der Waals surface area contributed by atoms with Crippen molar-refractivity contribution in [1.82, 2.24) is 4.90 Å². The van der Waals surface area contributed by atoms with Crippen LogP contribution in [0.4, 0.5) is 5.69 Å². The Balaban J connectivity index is 2.02. The van der Waals surface area contributed by atoms with Crippen molar-refractivity contribution in [2.24, 2.45) is 0 Å². The summed E-state index contributed by atoms with van der Waals surface area (Å²) in [6, 6.07) is 9.09. The van der Waals surface area contributed by atoms with Crippen LogP contribution in [-0.2, 0) is 4.79 Å². The summed E-state index contributed by atoms with van der Waals surface area (Å²) in [5.74, 6) is 7.44. The van der Waals surface area contributed by atoms with Crippen molar-refractivity contribution >= 4 is 29.3 Å². The first kappa shape index (κ1) is 14.4. The fourth-order valence-electron chi connectivity index (χ4n) is 2.45. The molecule has 0 radical (unpaired) electrons. The van der Waals surface area contributed by atoms with Gasteiger partial charge in [0.2, 0.25) is 0 Å². The molecule has 3 nitrogen and oxygen atoms in total. The molecule has 1 aliphatic heterocycles. The Bertz CT molecular complexity index is 442. The molecule has 4 heteroatoms. The Kier molecular flexibility index (Phi) is 4.23. The van der Waals surface area contributed by atoms with E-state index in [2.05, 4.69) is 46.4 Å². The molecule has 0 bridgehead atoms. The molecule has 0 atom stereocenters. The first-order chi connectivity index (χ1) is 8.88. The normalized spacial score (nSPS) is 16.6. The van der Waals surface area contributed by atoms with Crippen LogP contribution in [0.3, 0.4) is 0 Å². The molecule has 104 valence electrons. The summed E-state index contributed by atoms with van der Waals surface area (Å²) in [5, 5.41) is 0. The molecule has 1 heterocycles. The van der Waals surface area contributed by atoms with Gasteiger partial charge in [0.15, 0.2) is 0 Å². The second-order valence-electron chi connectivity index (χ2n) is 6.29. The number of carbonyl (C=O) groups is 1. The molecule has 1 aromatic carbocycles. The Morgan fingerprint density at radius 3 is 1.95 bits per heavy atom. The molecule has 1 aromatic rings. The molecule has 0 aromatic heterocycles. The third kappa shape index (κ3) is 3.53. The molecule has 1 fully saturated rings. The van der Waals surface area contributed by atoms with E-state index in [-0.39, 0.29) is 5.91 Å². The van der Waals surface area contributed by atoms with Gasteiger partial charge in [0.1, 0.15) is 0 Å². The topological polar surface area (TPSA) is 23.6 Å². The molecule has 19 heavy (non-hydrogen) atoms. The predicted molar refractivity (Wildman–Crippen MR) is 83.9 cm³/mol. The fourth-order valence-corrected chi connectivity index (χ4v) is 4.90. The van der Waals surface area contributed by atoms with Crippen molar-refractivity contribution in [3.63, 3.8) is 0 Å². The van der Waals surface area contributed by atoms with Gasteiger partial charge in [-0.15, -0.1) is 0 Å². The molecule has 1 aliphatic rings. The summed E-state index contributed by atoms with van der Waals surface area (Å²) >= 11 is -1.69. The fraction of sp³-hybridized carbons (Fsp3) is 0.533. The van der Waals surface area contributed by atoms with Gasteiger partial charge < -0.3 is 0 Å². The van der Waals surface area contributed by atoms with Crippen LogP contribution < -0.4 is 9.30 Å². The third-order valence-corrected chi connectivity index (χ3v) is 8.16. The number of rotatable bonds is 2. The maximum absolute atomic E-state index is 11.3. The summed E-state index contributed by atoms with van der Waals surface area (Å²) in [6.07, 6.45) is 0. The second-order valence-corrected chi connectivity index (χ2v) is 16.9. The van der Waals surface area contributed by atoms with E-state index < -0.39 is 13.3 Å². The van der Waals surface area contributed by atoms with Gasteiger partial charge in [0, 0.05) is 0 Å². The van der Waals surface area contributed by atoms with Crippen molar-refractivity contribution in [3.8, 4) is 0 Å². The van der Waals surface area contributed by atoms with Gasteiger partial charge in [-0.1, -0.05) is 0 Å². The van der Waals surface area contributed by atoms with Crippen molar-refractivity contribution in [3.05, 3.63) is 24.3 Å². The summed E-state index contributed by atoms with van der Waals surface area (Å²) in [7, 11) is 0. The third-order valence-electron chi connectivity index (χ3n) is 3.82. The van der Waals surface area contributed by atoms with Crippen molar-refractivity contribution < 1.29 is 4.79 Å². The Morgan fingerprint density at radius 1 is 1.00 bits per heavy atom. The van der Waals surface area contributed by atoms with E-state index in [0.717, 1.165) is 26.2 Å². The monoisotopic (exact) mass is 322 g/mol. The number of anilines is 1. The van der Waals surface area contributed by atoms with Crippen molar-refractivity contribution in [2.75, 3.05) is 31.1 Å². The molecule has 0 spiro atoms. The number of carbonyl (C=O) groups excluding carboxylic acids is 1. The van der Waals surface area contributed by atoms with E-state index in [1.807, 2.05) is 4.90 Å². The molecular formula is C15H24GeN2O. The second kappa shape index (κ2) is 5.57. The van der Waals surface area contributed by atoms with Crippen LogP contribution in [0.1, 0.15) is 6.92 Å². The molecule has 0 unspecified atom stereocenters. The molecule has 1 amide bonds. The number of hydrogen-bond donors (Lipinski definition) is 0. The summed E-state index contributed by atoms with van der Waals surface area (Å²) in [5.41, 5.74) is 1.29. The summed E-state index contributed by atoms with van der Waals surface area (Å²) < 4.78 is 1.55. The van der Waals surface area contributed by atoms with Crippen LogP contribution in [0.5, 0.6) is 0 Å². The molecule has 1 saturated heterocycles. The quantitative estimate of drug-likeness (QED) is 0.777. The van der Waals surface area contributed by atoms with Gasteiger partial charge in [-0.05, 0) is 0 Å². The SMILES string of the molecule is CC(=O)N1CCN(c2cc[c]([Ge]([CH3])([CH3])[CH3])cc2)CC1. The average Bonchev–Trinajstić information content (AvgIpc) is 2.38. The van der Waals surface area contributed by atoms with Crippen molar-refractivity contribution in [2.45, 2.75) is 24.2 Å². The van der Waals surface area contributed by atoms with Gasteiger partial charge in [-0.2, -0.15) is 0 Å². The van der Waals surface area contributed by atoms with Crippen LogP contribution in [0.15, 0.2) is 24.3 Å². The van der Waals surface area contributed by atoms with Crippen LogP contribution >= 0.6 is 0 Å². The average molecular weight is 321 g/mol. The number of amides is 1. The number of hydrogen-bond acceptors (Lipinski definition) is 2. The van der Waals surface area contributed by atoms with E-state index in [1.54, 1.807) is 11.3 Å². The van der Waals surface area contributed by atoms with E-state index in [0.29, 0.717) is 0 Å². The first-order valence-electron chi connectivity index (χ1n) is 6.99. The van der Waals surface area contributed by atoms with E-state index in [4.69, 9.17) is 0 Å². The van der Waals surface area contributed by atoms with Crippen LogP contribution in [0.2, 0.25) is 17.3 Å². The molecule has 0 aliphatic carbocycles. The summed E-state index contributed by atoms with van der Waals surface area (Å²) in [4.78, 5) is 15.6. The van der Waals surface area contributed by atoms with Gasteiger partial charge in [0.05, 0.1) is 0 Å². The zero-order valence-electron chi connectivity index (χ0n) is 12.4. The molecule has 0 saturated carbocycles.